The van der Waals surface area contributed by atoms with Crippen molar-refractivity contribution < 1.29 is 28.7 Å². The average molecular weight is 508 g/mol. The van der Waals surface area contributed by atoms with Crippen LogP contribution in [0.2, 0.25) is 0 Å². The summed E-state index contributed by atoms with van der Waals surface area (Å²) in [5.74, 6) is -1.01. The lowest BCUT2D eigenvalue weighted by Crippen LogP contribution is -2.52. The first-order chi connectivity index (χ1) is 17.7. The summed E-state index contributed by atoms with van der Waals surface area (Å²) in [6.45, 7) is 0.897. The second-order valence-corrected chi connectivity index (χ2v) is 9.29. The van der Waals surface area contributed by atoms with Crippen molar-refractivity contribution in [3.8, 4) is 5.75 Å². The van der Waals surface area contributed by atoms with Crippen LogP contribution >= 0.6 is 0 Å². The number of rotatable bonds is 8. The van der Waals surface area contributed by atoms with Gasteiger partial charge in [0.25, 0.3) is 5.91 Å². The van der Waals surface area contributed by atoms with E-state index in [4.69, 9.17) is 4.74 Å². The van der Waals surface area contributed by atoms with Gasteiger partial charge in [-0.2, -0.15) is 0 Å². The van der Waals surface area contributed by atoms with Gasteiger partial charge < -0.3 is 20.3 Å². The van der Waals surface area contributed by atoms with Gasteiger partial charge in [0.15, 0.2) is 0 Å². The van der Waals surface area contributed by atoms with E-state index >= 15 is 0 Å². The highest BCUT2D eigenvalue weighted by Crippen LogP contribution is 2.28. The van der Waals surface area contributed by atoms with Crippen LogP contribution in [0.5, 0.6) is 5.75 Å². The SMILES string of the molecule is CN(C)CC(=O)Oc1cccc(CNC(=O)NCc2ccc3c(c2)C(=O)N(C2CCC(=O)NC2=O)C3)c1. The van der Waals surface area contributed by atoms with Gasteiger partial charge in [-0.05, 0) is 55.4 Å². The van der Waals surface area contributed by atoms with Gasteiger partial charge in [-0.25, -0.2) is 4.79 Å². The Morgan fingerprint density at radius 2 is 1.78 bits per heavy atom. The number of hydrogen-bond donors (Lipinski definition) is 3. The number of urea groups is 1. The summed E-state index contributed by atoms with van der Waals surface area (Å²) in [5.41, 5.74) is 2.79. The summed E-state index contributed by atoms with van der Waals surface area (Å²) in [6, 6.07) is 11.2. The number of likely N-dealkylation sites (N-methyl/N-ethyl adjacent to an activating group) is 1. The highest BCUT2D eigenvalue weighted by atomic mass is 16.5. The minimum Gasteiger partial charge on any atom is -0.426 e. The number of carbonyl (C=O) groups excluding carboxylic acids is 5. The van der Waals surface area contributed by atoms with E-state index in [2.05, 4.69) is 16.0 Å². The van der Waals surface area contributed by atoms with Gasteiger partial charge in [-0.1, -0.05) is 24.3 Å². The van der Waals surface area contributed by atoms with Crippen LogP contribution in [0.1, 0.15) is 39.9 Å². The number of fused-ring (bicyclic) bond motifs is 1. The summed E-state index contributed by atoms with van der Waals surface area (Å²) < 4.78 is 5.30. The Balaban J connectivity index is 1.28. The summed E-state index contributed by atoms with van der Waals surface area (Å²) in [5, 5.41) is 7.81. The molecule has 0 aromatic heterocycles. The van der Waals surface area contributed by atoms with Gasteiger partial charge >= 0.3 is 12.0 Å². The van der Waals surface area contributed by atoms with Gasteiger partial charge in [0.2, 0.25) is 11.8 Å². The molecule has 0 radical (unpaired) electrons. The first-order valence-corrected chi connectivity index (χ1v) is 11.9. The van der Waals surface area contributed by atoms with Crippen molar-refractivity contribution in [2.75, 3.05) is 20.6 Å². The van der Waals surface area contributed by atoms with Gasteiger partial charge in [0.05, 0.1) is 6.54 Å². The number of carbonyl (C=O) groups is 5. The zero-order valence-corrected chi connectivity index (χ0v) is 20.7. The summed E-state index contributed by atoms with van der Waals surface area (Å²) >= 11 is 0. The van der Waals surface area contributed by atoms with Crippen LogP contribution in [0.15, 0.2) is 42.5 Å². The second-order valence-electron chi connectivity index (χ2n) is 9.29. The fourth-order valence-electron chi connectivity index (χ4n) is 4.28. The number of benzene rings is 2. The largest absolute Gasteiger partial charge is 0.426 e. The smallest absolute Gasteiger partial charge is 0.325 e. The van der Waals surface area contributed by atoms with Gasteiger partial charge in [0.1, 0.15) is 11.8 Å². The Morgan fingerprint density at radius 3 is 2.49 bits per heavy atom. The fourth-order valence-corrected chi connectivity index (χ4v) is 4.28. The van der Waals surface area contributed by atoms with Crippen LogP contribution in [-0.2, 0) is 34.0 Å². The van der Waals surface area contributed by atoms with E-state index in [-0.39, 0.29) is 43.8 Å². The lowest BCUT2D eigenvalue weighted by molar-refractivity contribution is -0.137. The monoisotopic (exact) mass is 507 g/mol. The molecule has 2 heterocycles. The number of piperidine rings is 1. The lowest BCUT2D eigenvalue weighted by Gasteiger charge is -2.29. The molecule has 1 atom stereocenters. The minimum absolute atomic E-state index is 0.161. The molecular weight excluding hydrogens is 478 g/mol. The molecule has 2 aromatic rings. The fraction of sp³-hybridized carbons (Fsp3) is 0.346. The third-order valence-corrected chi connectivity index (χ3v) is 6.07. The number of hydrogen-bond acceptors (Lipinski definition) is 7. The molecule has 4 rings (SSSR count). The van der Waals surface area contributed by atoms with Crippen LogP contribution in [0.4, 0.5) is 4.79 Å². The highest BCUT2D eigenvalue weighted by molar-refractivity contribution is 6.05. The Bertz CT molecular complexity index is 1240. The Hall–Kier alpha value is -4.25. The molecule has 1 fully saturated rings. The molecule has 11 heteroatoms. The molecule has 11 nitrogen and oxygen atoms in total. The van der Waals surface area contributed by atoms with E-state index in [1.54, 1.807) is 43.3 Å². The zero-order valence-electron chi connectivity index (χ0n) is 20.7. The molecule has 194 valence electrons. The molecular formula is C26H29N5O6. The molecule has 0 spiro atoms. The van der Waals surface area contributed by atoms with Crippen LogP contribution in [0.3, 0.4) is 0 Å². The third kappa shape index (κ3) is 6.50. The second kappa shape index (κ2) is 11.2. The Morgan fingerprint density at radius 1 is 1.05 bits per heavy atom. The number of amides is 5. The number of imide groups is 1. The Labute approximate surface area is 214 Å². The van der Waals surface area contributed by atoms with Crippen molar-refractivity contribution in [1.82, 2.24) is 25.8 Å². The molecule has 0 saturated carbocycles. The molecule has 2 aromatic carbocycles. The molecule has 2 aliphatic heterocycles. The quantitative estimate of drug-likeness (QED) is 0.274. The molecule has 2 aliphatic rings. The molecule has 5 amide bonds. The van der Waals surface area contributed by atoms with E-state index in [1.807, 2.05) is 18.2 Å². The van der Waals surface area contributed by atoms with Gasteiger partial charge in [0, 0.05) is 31.6 Å². The predicted molar refractivity (Wildman–Crippen MR) is 132 cm³/mol. The van der Waals surface area contributed by atoms with Crippen LogP contribution in [0, 0.1) is 0 Å². The average Bonchev–Trinajstić information content (AvgIpc) is 3.16. The van der Waals surface area contributed by atoms with Crippen molar-refractivity contribution >= 4 is 29.7 Å². The van der Waals surface area contributed by atoms with E-state index < -0.39 is 18.0 Å². The van der Waals surface area contributed by atoms with Crippen LogP contribution < -0.4 is 20.7 Å². The zero-order chi connectivity index (χ0) is 26.5. The topological polar surface area (TPSA) is 137 Å². The van der Waals surface area contributed by atoms with Gasteiger partial charge in [-0.15, -0.1) is 0 Å². The van der Waals surface area contributed by atoms with Crippen molar-refractivity contribution in [3.05, 3.63) is 64.7 Å². The van der Waals surface area contributed by atoms with Crippen molar-refractivity contribution in [2.24, 2.45) is 0 Å². The molecule has 3 N–H and O–H groups in total. The Kier molecular flexibility index (Phi) is 7.83. The molecule has 1 unspecified atom stereocenters. The number of esters is 1. The minimum atomic E-state index is -0.667. The van der Waals surface area contributed by atoms with Crippen molar-refractivity contribution in [2.45, 2.75) is 38.5 Å². The number of ether oxygens (including phenoxy) is 1. The molecule has 1 saturated heterocycles. The van der Waals surface area contributed by atoms with Crippen LogP contribution in [0.25, 0.3) is 0 Å². The summed E-state index contributed by atoms with van der Waals surface area (Å²) in [4.78, 5) is 63.9. The maximum absolute atomic E-state index is 12.9. The van der Waals surface area contributed by atoms with Crippen molar-refractivity contribution in [1.29, 1.82) is 0 Å². The lowest BCUT2D eigenvalue weighted by atomic mass is 10.0. The van der Waals surface area contributed by atoms with Crippen molar-refractivity contribution in [3.63, 3.8) is 0 Å². The van der Waals surface area contributed by atoms with E-state index in [0.717, 1.165) is 16.7 Å². The first-order valence-electron chi connectivity index (χ1n) is 11.9. The summed E-state index contributed by atoms with van der Waals surface area (Å²) in [6.07, 6.45) is 0.507. The standard InChI is InChI=1S/C26H29N5O6/c1-30(2)15-23(33)37-19-5-3-4-16(10-19)12-27-26(36)28-13-17-6-7-18-14-31(25(35)20(18)11-17)21-8-9-22(32)29-24(21)34/h3-7,10-11,21H,8-9,12-15H2,1-2H3,(H2,27,28,36)(H,29,32,34). The van der Waals surface area contributed by atoms with E-state index in [9.17, 15) is 24.0 Å². The summed E-state index contributed by atoms with van der Waals surface area (Å²) in [7, 11) is 3.55. The van der Waals surface area contributed by atoms with E-state index in [0.29, 0.717) is 24.3 Å². The number of nitrogens with zero attached hydrogens (tertiary/aromatic N) is 2. The van der Waals surface area contributed by atoms with E-state index in [1.165, 1.54) is 4.90 Å². The predicted octanol–water partition coefficient (Wildman–Crippen LogP) is 0.914. The maximum atomic E-state index is 12.9. The highest BCUT2D eigenvalue weighted by Gasteiger charge is 2.39. The normalized spacial score (nSPS) is 16.9. The first kappa shape index (κ1) is 25.8. The molecule has 0 aliphatic carbocycles. The van der Waals surface area contributed by atoms with Gasteiger partial charge in [-0.3, -0.25) is 29.4 Å². The number of nitrogens with one attached hydrogen (secondary N) is 3. The third-order valence-electron chi connectivity index (χ3n) is 6.07. The molecule has 37 heavy (non-hydrogen) atoms. The molecule has 0 bridgehead atoms. The van der Waals surface area contributed by atoms with Crippen LogP contribution in [-0.4, -0.2) is 66.2 Å². The maximum Gasteiger partial charge on any atom is 0.325 e.